The molecule has 0 spiro atoms. The van der Waals surface area contributed by atoms with Crippen LogP contribution in [0, 0.1) is 10.7 Å². The van der Waals surface area contributed by atoms with Gasteiger partial charge in [0, 0.05) is 12.2 Å². The molecule has 0 fully saturated rings. The monoisotopic (exact) mass is 269 g/mol. The van der Waals surface area contributed by atoms with Gasteiger partial charge >= 0.3 is 0 Å². The van der Waals surface area contributed by atoms with E-state index in [4.69, 9.17) is 16.6 Å². The Balaban J connectivity index is 1.83. The Morgan fingerprint density at radius 1 is 1.44 bits per heavy atom. The fourth-order valence-electron chi connectivity index (χ4n) is 1.43. The smallest absolute Gasteiger partial charge is 0.284 e. The number of hydrogen-bond acceptors (Lipinski definition) is 5. The first-order chi connectivity index (χ1) is 8.63. The minimum atomic E-state index is -0.670. The van der Waals surface area contributed by atoms with Crippen molar-refractivity contribution in [3.63, 3.8) is 0 Å². The predicted octanol–water partition coefficient (Wildman–Crippen LogP) is 1.89. The lowest BCUT2D eigenvalue weighted by molar-refractivity contribution is 0.178. The fraction of sp³-hybridized carbons (Fsp3) is 0.273. The Labute approximate surface area is 108 Å². The first-order valence-corrected chi connectivity index (χ1v) is 5.76. The number of aliphatic hydroxyl groups excluding tert-OH is 1. The Hall–Kier alpha value is -1.73. The van der Waals surface area contributed by atoms with Crippen LogP contribution in [-0.4, -0.2) is 28.0 Å². The van der Waals surface area contributed by atoms with Crippen LogP contribution in [0.5, 0.6) is 0 Å². The number of rotatable bonds is 5. The third kappa shape index (κ3) is 3.64. The van der Waals surface area contributed by atoms with Crippen molar-refractivity contribution in [2.75, 3.05) is 11.9 Å². The van der Waals surface area contributed by atoms with Crippen molar-refractivity contribution >= 4 is 17.9 Å². The molecular formula is C11H12FN3O2S. The lowest BCUT2D eigenvalue weighted by Crippen LogP contribution is -2.22. The second-order valence-corrected chi connectivity index (χ2v) is 4.12. The number of anilines is 1. The second-order valence-electron chi connectivity index (χ2n) is 3.75. The van der Waals surface area contributed by atoms with Crippen LogP contribution in [0.2, 0.25) is 0 Å². The molecule has 1 heterocycles. The summed E-state index contributed by atoms with van der Waals surface area (Å²) in [4.78, 5) is 0.184. The summed E-state index contributed by atoms with van der Waals surface area (Å²) in [5.41, 5.74) is 0.735. The van der Waals surface area contributed by atoms with Gasteiger partial charge in [0.15, 0.2) is 0 Å². The minimum absolute atomic E-state index is 0.184. The second kappa shape index (κ2) is 5.74. The molecular weight excluding hydrogens is 257 g/mol. The first kappa shape index (κ1) is 12.7. The fourth-order valence-corrected chi connectivity index (χ4v) is 1.57. The average Bonchev–Trinajstić information content (AvgIpc) is 2.74. The molecule has 18 heavy (non-hydrogen) atoms. The number of benzene rings is 1. The molecule has 2 rings (SSSR count). The Bertz CT molecular complexity index is 552. The number of halogens is 1. The van der Waals surface area contributed by atoms with Crippen molar-refractivity contribution < 1.29 is 13.9 Å². The van der Waals surface area contributed by atoms with E-state index in [1.807, 2.05) is 0 Å². The maximum absolute atomic E-state index is 12.7. The third-order valence-corrected chi connectivity index (χ3v) is 2.45. The van der Waals surface area contributed by atoms with E-state index in [0.717, 1.165) is 5.69 Å². The van der Waals surface area contributed by atoms with E-state index in [-0.39, 0.29) is 17.1 Å². The summed E-state index contributed by atoms with van der Waals surface area (Å²) in [6, 6.07) is 5.90. The SMILES string of the molecule is OC(CNc1ccc(F)cc1)Cc1n[nH]c(=S)o1. The van der Waals surface area contributed by atoms with Crippen LogP contribution in [0.1, 0.15) is 5.89 Å². The summed E-state index contributed by atoms with van der Waals surface area (Å²) in [6.45, 7) is 0.306. The summed E-state index contributed by atoms with van der Waals surface area (Å²) < 4.78 is 17.7. The van der Waals surface area contributed by atoms with E-state index in [2.05, 4.69) is 15.5 Å². The van der Waals surface area contributed by atoms with Crippen molar-refractivity contribution in [2.45, 2.75) is 12.5 Å². The van der Waals surface area contributed by atoms with Gasteiger partial charge in [-0.25, -0.2) is 9.49 Å². The molecule has 0 aliphatic rings. The molecule has 0 saturated carbocycles. The molecule has 0 aliphatic heterocycles. The molecule has 0 amide bonds. The summed E-state index contributed by atoms with van der Waals surface area (Å²) in [5.74, 6) is 0.0582. The predicted molar refractivity (Wildman–Crippen MR) is 66.3 cm³/mol. The maximum Gasteiger partial charge on any atom is 0.284 e. The number of aliphatic hydroxyl groups is 1. The molecule has 1 aromatic carbocycles. The van der Waals surface area contributed by atoms with Gasteiger partial charge in [0.05, 0.1) is 12.5 Å². The highest BCUT2D eigenvalue weighted by Crippen LogP contribution is 2.08. The van der Waals surface area contributed by atoms with Crippen molar-refractivity contribution in [3.05, 3.63) is 40.8 Å². The number of aromatic nitrogens is 2. The average molecular weight is 269 g/mol. The minimum Gasteiger partial charge on any atom is -0.414 e. The van der Waals surface area contributed by atoms with Gasteiger partial charge in [-0.05, 0) is 36.5 Å². The molecule has 5 nitrogen and oxygen atoms in total. The van der Waals surface area contributed by atoms with Crippen molar-refractivity contribution in [3.8, 4) is 0 Å². The van der Waals surface area contributed by atoms with Crippen LogP contribution < -0.4 is 5.32 Å². The number of nitrogens with zero attached hydrogens (tertiary/aromatic N) is 1. The van der Waals surface area contributed by atoms with Gasteiger partial charge in [0.2, 0.25) is 5.89 Å². The summed E-state index contributed by atoms with van der Waals surface area (Å²) >= 11 is 4.72. The van der Waals surface area contributed by atoms with Gasteiger partial charge < -0.3 is 14.8 Å². The molecule has 0 aliphatic carbocycles. The zero-order chi connectivity index (χ0) is 13.0. The van der Waals surface area contributed by atoms with E-state index >= 15 is 0 Å². The highest BCUT2D eigenvalue weighted by atomic mass is 32.1. The van der Waals surface area contributed by atoms with Gasteiger partial charge in [-0.2, -0.15) is 0 Å². The number of nitrogens with one attached hydrogen (secondary N) is 2. The topological polar surface area (TPSA) is 74.1 Å². The number of hydrogen-bond donors (Lipinski definition) is 3. The van der Waals surface area contributed by atoms with E-state index in [9.17, 15) is 9.50 Å². The zero-order valence-corrected chi connectivity index (χ0v) is 10.2. The molecule has 3 N–H and O–H groups in total. The van der Waals surface area contributed by atoms with Gasteiger partial charge in [-0.15, -0.1) is 5.10 Å². The van der Waals surface area contributed by atoms with E-state index in [1.165, 1.54) is 12.1 Å². The largest absolute Gasteiger partial charge is 0.414 e. The molecule has 1 atom stereocenters. The zero-order valence-electron chi connectivity index (χ0n) is 9.39. The number of aromatic amines is 1. The Kier molecular flexibility index (Phi) is 4.06. The molecule has 0 radical (unpaired) electrons. The molecule has 1 aromatic heterocycles. The highest BCUT2D eigenvalue weighted by Gasteiger charge is 2.09. The van der Waals surface area contributed by atoms with E-state index in [1.54, 1.807) is 12.1 Å². The maximum atomic E-state index is 12.7. The van der Waals surface area contributed by atoms with Crippen LogP contribution in [0.4, 0.5) is 10.1 Å². The molecule has 1 unspecified atom stereocenters. The van der Waals surface area contributed by atoms with Crippen molar-refractivity contribution in [2.24, 2.45) is 0 Å². The van der Waals surface area contributed by atoms with Crippen molar-refractivity contribution in [1.82, 2.24) is 10.2 Å². The van der Waals surface area contributed by atoms with Crippen LogP contribution in [0.25, 0.3) is 0 Å². The van der Waals surface area contributed by atoms with Gasteiger partial charge in [0.25, 0.3) is 4.84 Å². The van der Waals surface area contributed by atoms with Crippen molar-refractivity contribution in [1.29, 1.82) is 0 Å². The lowest BCUT2D eigenvalue weighted by Gasteiger charge is -2.10. The Morgan fingerprint density at radius 2 is 2.17 bits per heavy atom. The van der Waals surface area contributed by atoms with E-state index in [0.29, 0.717) is 12.4 Å². The van der Waals surface area contributed by atoms with Crippen LogP contribution in [0.3, 0.4) is 0 Å². The van der Waals surface area contributed by atoms with Gasteiger partial charge in [-0.3, -0.25) is 0 Å². The molecule has 2 aromatic rings. The third-order valence-electron chi connectivity index (χ3n) is 2.28. The van der Waals surface area contributed by atoms with E-state index < -0.39 is 6.10 Å². The lowest BCUT2D eigenvalue weighted by atomic mass is 10.2. The van der Waals surface area contributed by atoms with Crippen LogP contribution in [0.15, 0.2) is 28.7 Å². The molecule has 7 heteroatoms. The summed E-state index contributed by atoms with van der Waals surface area (Å²) in [5, 5.41) is 19.0. The van der Waals surface area contributed by atoms with Crippen LogP contribution in [-0.2, 0) is 6.42 Å². The van der Waals surface area contributed by atoms with Gasteiger partial charge in [0.1, 0.15) is 5.82 Å². The first-order valence-electron chi connectivity index (χ1n) is 5.35. The Morgan fingerprint density at radius 3 is 2.78 bits per heavy atom. The highest BCUT2D eigenvalue weighted by molar-refractivity contribution is 7.71. The van der Waals surface area contributed by atoms with Crippen LogP contribution >= 0.6 is 12.2 Å². The molecule has 96 valence electrons. The normalized spacial score (nSPS) is 12.3. The summed E-state index contributed by atoms with van der Waals surface area (Å²) in [6.07, 6.45) is -0.419. The quantitative estimate of drug-likeness (QED) is 0.723. The molecule has 0 bridgehead atoms. The summed E-state index contributed by atoms with van der Waals surface area (Å²) in [7, 11) is 0. The number of H-pyrrole nitrogens is 1. The van der Waals surface area contributed by atoms with Gasteiger partial charge in [-0.1, -0.05) is 0 Å². The standard InChI is InChI=1S/C11H12FN3O2S/c12-7-1-3-8(4-2-7)13-6-9(16)5-10-14-15-11(18)17-10/h1-4,9,13,16H,5-6H2,(H,15,18). The molecule has 0 saturated heterocycles.